The Kier molecular flexibility index (Phi) is 6.17. The third-order valence-corrected chi connectivity index (χ3v) is 6.68. The smallest absolute Gasteiger partial charge is 0.249 e. The van der Waals surface area contributed by atoms with E-state index in [0.29, 0.717) is 31.1 Å². The molecule has 6 nitrogen and oxygen atoms in total. The number of piperazine rings is 1. The van der Waals surface area contributed by atoms with Gasteiger partial charge >= 0.3 is 0 Å². The van der Waals surface area contributed by atoms with Gasteiger partial charge in [0.25, 0.3) is 0 Å². The van der Waals surface area contributed by atoms with Gasteiger partial charge in [-0.2, -0.15) is 4.31 Å². The van der Waals surface area contributed by atoms with Crippen molar-refractivity contribution >= 4 is 10.0 Å². The molecular weight excluding hydrogens is 390 g/mol. The van der Waals surface area contributed by atoms with Crippen LogP contribution in [0.5, 0.6) is 11.5 Å². The molecule has 0 bridgehead atoms. The zero-order valence-electron chi connectivity index (χ0n) is 15.7. The molecule has 1 fully saturated rings. The minimum atomic E-state index is -4.23. The highest BCUT2D eigenvalue weighted by Crippen LogP contribution is 2.27. The Bertz CT molecular complexity index is 925. The van der Waals surface area contributed by atoms with E-state index in [2.05, 4.69) is 4.90 Å². The van der Waals surface area contributed by atoms with Crippen LogP contribution >= 0.6 is 0 Å². The van der Waals surface area contributed by atoms with Gasteiger partial charge in [-0.1, -0.05) is 6.07 Å². The summed E-state index contributed by atoms with van der Waals surface area (Å²) >= 11 is 0. The highest BCUT2D eigenvalue weighted by atomic mass is 32.2. The van der Waals surface area contributed by atoms with Gasteiger partial charge in [-0.05, 0) is 30.3 Å². The van der Waals surface area contributed by atoms with Crippen LogP contribution < -0.4 is 9.47 Å². The number of hydrogen-bond acceptors (Lipinski definition) is 5. The van der Waals surface area contributed by atoms with E-state index in [9.17, 15) is 17.2 Å². The predicted octanol–water partition coefficient (Wildman–Crippen LogP) is 2.49. The average molecular weight is 412 g/mol. The maximum absolute atomic E-state index is 13.9. The highest BCUT2D eigenvalue weighted by molar-refractivity contribution is 7.89. The van der Waals surface area contributed by atoms with Crippen molar-refractivity contribution in [1.82, 2.24) is 9.21 Å². The van der Waals surface area contributed by atoms with Crippen LogP contribution in [-0.4, -0.2) is 58.0 Å². The molecule has 9 heteroatoms. The van der Waals surface area contributed by atoms with E-state index in [1.165, 1.54) is 0 Å². The lowest BCUT2D eigenvalue weighted by molar-refractivity contribution is 0.179. The lowest BCUT2D eigenvalue weighted by Crippen LogP contribution is -2.48. The van der Waals surface area contributed by atoms with Crippen LogP contribution in [0.3, 0.4) is 0 Å². The summed E-state index contributed by atoms with van der Waals surface area (Å²) in [5, 5.41) is 0. The van der Waals surface area contributed by atoms with Gasteiger partial charge in [-0.15, -0.1) is 0 Å². The molecule has 3 rings (SSSR count). The van der Waals surface area contributed by atoms with Crippen molar-refractivity contribution < 1.29 is 26.7 Å². The summed E-state index contributed by atoms with van der Waals surface area (Å²) in [6.07, 6.45) is 0. The van der Waals surface area contributed by atoms with Crippen molar-refractivity contribution in [3.63, 3.8) is 0 Å². The van der Waals surface area contributed by atoms with Gasteiger partial charge < -0.3 is 9.47 Å². The first-order valence-electron chi connectivity index (χ1n) is 8.74. The Morgan fingerprint density at radius 1 is 0.964 bits per heavy atom. The van der Waals surface area contributed by atoms with Crippen LogP contribution in [-0.2, 0) is 16.6 Å². The van der Waals surface area contributed by atoms with E-state index >= 15 is 0 Å². The molecule has 1 aliphatic heterocycles. The highest BCUT2D eigenvalue weighted by Gasteiger charge is 2.33. The van der Waals surface area contributed by atoms with Crippen LogP contribution in [0, 0.1) is 11.6 Å². The van der Waals surface area contributed by atoms with E-state index in [-0.39, 0.29) is 13.1 Å². The Labute approximate surface area is 163 Å². The fourth-order valence-corrected chi connectivity index (χ4v) is 4.76. The Morgan fingerprint density at radius 3 is 2.18 bits per heavy atom. The Balaban J connectivity index is 1.71. The number of benzene rings is 2. The standard InChI is InChI=1S/C19H22F2N2O4S/c1-26-15-6-7-18(27-2)14(12-15)13-22-8-10-23(11-9-22)28(24,25)19-16(20)4-3-5-17(19)21/h3-7,12H,8-11,13H2,1-2H3. The van der Waals surface area contributed by atoms with Crippen LogP contribution in [0.1, 0.15) is 5.56 Å². The van der Waals surface area contributed by atoms with Crippen LogP contribution in [0.15, 0.2) is 41.3 Å². The average Bonchev–Trinajstić information content (AvgIpc) is 2.68. The summed E-state index contributed by atoms with van der Waals surface area (Å²) in [4.78, 5) is 1.17. The molecule has 0 spiro atoms. The Morgan fingerprint density at radius 2 is 1.61 bits per heavy atom. The number of sulfonamides is 1. The fraction of sp³-hybridized carbons (Fsp3) is 0.368. The predicted molar refractivity (Wildman–Crippen MR) is 99.9 cm³/mol. The molecule has 1 heterocycles. The lowest BCUT2D eigenvalue weighted by Gasteiger charge is -2.34. The largest absolute Gasteiger partial charge is 0.497 e. The molecule has 2 aromatic carbocycles. The molecule has 2 aromatic rings. The third kappa shape index (κ3) is 4.11. The minimum absolute atomic E-state index is 0.141. The molecule has 28 heavy (non-hydrogen) atoms. The second-order valence-corrected chi connectivity index (χ2v) is 8.28. The number of ether oxygens (including phenoxy) is 2. The second kappa shape index (κ2) is 8.42. The molecule has 0 aliphatic carbocycles. The molecule has 0 N–H and O–H groups in total. The molecule has 1 saturated heterocycles. The first kappa shape index (κ1) is 20.5. The number of hydrogen-bond donors (Lipinski definition) is 0. The number of halogens is 2. The van der Waals surface area contributed by atoms with Crippen molar-refractivity contribution in [3.05, 3.63) is 53.6 Å². The first-order valence-corrected chi connectivity index (χ1v) is 10.2. The normalized spacial score (nSPS) is 16.1. The Hall–Kier alpha value is -2.23. The molecule has 0 radical (unpaired) electrons. The molecule has 0 saturated carbocycles. The van der Waals surface area contributed by atoms with E-state index in [4.69, 9.17) is 9.47 Å². The summed E-state index contributed by atoms with van der Waals surface area (Å²) in [6, 6.07) is 8.52. The molecule has 0 atom stereocenters. The van der Waals surface area contributed by atoms with E-state index < -0.39 is 26.6 Å². The van der Waals surface area contributed by atoms with Crippen molar-refractivity contribution in [2.24, 2.45) is 0 Å². The SMILES string of the molecule is COc1ccc(OC)c(CN2CCN(S(=O)(=O)c3c(F)cccc3F)CC2)c1. The summed E-state index contributed by atoms with van der Waals surface area (Å²) < 4.78 is 65.0. The number of nitrogens with zero attached hydrogens (tertiary/aromatic N) is 2. The minimum Gasteiger partial charge on any atom is -0.497 e. The van der Waals surface area contributed by atoms with Crippen molar-refractivity contribution in [2.45, 2.75) is 11.4 Å². The molecule has 1 aliphatic rings. The number of methoxy groups -OCH3 is 2. The maximum Gasteiger partial charge on any atom is 0.249 e. The van der Waals surface area contributed by atoms with Gasteiger partial charge in [0.1, 0.15) is 23.1 Å². The summed E-state index contributed by atoms with van der Waals surface area (Å²) in [6.45, 7) is 1.68. The summed E-state index contributed by atoms with van der Waals surface area (Å²) in [5.41, 5.74) is 0.915. The van der Waals surface area contributed by atoms with Gasteiger partial charge in [0.05, 0.1) is 14.2 Å². The molecule has 0 unspecified atom stereocenters. The quantitative estimate of drug-likeness (QED) is 0.730. The first-order chi connectivity index (χ1) is 13.4. The molecule has 0 amide bonds. The van der Waals surface area contributed by atoms with E-state index in [1.54, 1.807) is 20.3 Å². The van der Waals surface area contributed by atoms with Crippen molar-refractivity contribution in [3.8, 4) is 11.5 Å². The summed E-state index contributed by atoms with van der Waals surface area (Å²) in [7, 11) is -1.07. The lowest BCUT2D eigenvalue weighted by atomic mass is 10.1. The van der Waals surface area contributed by atoms with Gasteiger partial charge in [-0.25, -0.2) is 17.2 Å². The zero-order chi connectivity index (χ0) is 20.3. The van der Waals surface area contributed by atoms with Crippen LogP contribution in [0.4, 0.5) is 8.78 Å². The molecular formula is C19H22F2N2O4S. The molecule has 0 aromatic heterocycles. The van der Waals surface area contributed by atoms with Crippen LogP contribution in [0.2, 0.25) is 0 Å². The molecule has 152 valence electrons. The van der Waals surface area contributed by atoms with Crippen molar-refractivity contribution in [2.75, 3.05) is 40.4 Å². The zero-order valence-corrected chi connectivity index (χ0v) is 16.5. The maximum atomic E-state index is 13.9. The monoisotopic (exact) mass is 412 g/mol. The fourth-order valence-electron chi connectivity index (χ4n) is 3.23. The van der Waals surface area contributed by atoms with Gasteiger partial charge in [-0.3, -0.25) is 4.90 Å². The van der Waals surface area contributed by atoms with E-state index in [0.717, 1.165) is 28.1 Å². The number of rotatable bonds is 6. The van der Waals surface area contributed by atoms with E-state index in [1.807, 2.05) is 12.1 Å². The topological polar surface area (TPSA) is 59.1 Å². The second-order valence-electron chi connectivity index (χ2n) is 6.41. The summed E-state index contributed by atoms with van der Waals surface area (Å²) in [5.74, 6) is -0.747. The van der Waals surface area contributed by atoms with Gasteiger partial charge in [0.2, 0.25) is 10.0 Å². The third-order valence-electron chi connectivity index (χ3n) is 4.73. The van der Waals surface area contributed by atoms with Crippen molar-refractivity contribution in [1.29, 1.82) is 0 Å². The van der Waals surface area contributed by atoms with Gasteiger partial charge in [0.15, 0.2) is 4.90 Å². The van der Waals surface area contributed by atoms with Gasteiger partial charge in [0, 0.05) is 38.3 Å². The van der Waals surface area contributed by atoms with Crippen LogP contribution in [0.25, 0.3) is 0 Å².